The summed E-state index contributed by atoms with van der Waals surface area (Å²) in [5.74, 6) is 2.47. The minimum absolute atomic E-state index is 0.200. The topological polar surface area (TPSA) is 150 Å². The van der Waals surface area contributed by atoms with E-state index in [2.05, 4.69) is 61.0 Å². The summed E-state index contributed by atoms with van der Waals surface area (Å²) in [6.45, 7) is 8.97. The van der Waals surface area contributed by atoms with Crippen molar-refractivity contribution in [1.82, 2.24) is 29.9 Å². The van der Waals surface area contributed by atoms with E-state index in [-0.39, 0.29) is 10.9 Å². The van der Waals surface area contributed by atoms with Crippen molar-refractivity contribution in [1.29, 1.82) is 0 Å². The van der Waals surface area contributed by atoms with Crippen LogP contribution in [0.4, 0.5) is 61.5 Å². The molecule has 2 aliphatic rings. The Morgan fingerprint density at radius 2 is 1.20 bits per heavy atom. The van der Waals surface area contributed by atoms with Crippen molar-refractivity contribution in [3.8, 4) is 0 Å². The van der Waals surface area contributed by atoms with Crippen LogP contribution in [0.25, 0.3) is 21.8 Å². The molecule has 14 nitrogen and oxygen atoms in total. The van der Waals surface area contributed by atoms with Crippen molar-refractivity contribution in [3.63, 3.8) is 0 Å². The Hall–Kier alpha value is -5.32. The lowest BCUT2D eigenvalue weighted by Crippen LogP contribution is -2.36. The molecule has 4 N–H and O–H groups in total. The first-order chi connectivity index (χ1) is 28.8. The number of ether oxygens (including phenoxy) is 2. The van der Waals surface area contributed by atoms with E-state index in [1.807, 2.05) is 19.1 Å². The second-order valence-corrected chi connectivity index (χ2v) is 15.6. The van der Waals surface area contributed by atoms with Crippen LogP contribution in [0.3, 0.4) is 0 Å². The van der Waals surface area contributed by atoms with Gasteiger partial charge < -0.3 is 40.5 Å². The normalized spacial score (nSPS) is 15.8. The van der Waals surface area contributed by atoms with Gasteiger partial charge in [0, 0.05) is 66.7 Å². The number of fused-ring (bicyclic) bond motifs is 2. The molecule has 2 fully saturated rings. The van der Waals surface area contributed by atoms with E-state index in [0.717, 1.165) is 76.6 Å². The Morgan fingerprint density at radius 1 is 0.700 bits per heavy atom. The maximum atomic E-state index is 14.4. The van der Waals surface area contributed by atoms with Crippen LogP contribution in [0.5, 0.6) is 0 Å². The molecule has 0 bridgehead atoms. The SMILES string of the molecule is CNc1nc(N[C@H](C)c2cc(C(F)(F)F)cs2)c2cc(N3CCOCC3)ncc2n1.CNc1nc(N[C@H](C)c2scc(C(F)F)c2F)c2cc(N3CCOCC3)ncc2n1. The van der Waals surface area contributed by atoms with Crippen molar-refractivity contribution in [2.45, 2.75) is 38.5 Å². The summed E-state index contributed by atoms with van der Waals surface area (Å²) in [5, 5.41) is 16.0. The lowest BCUT2D eigenvalue weighted by molar-refractivity contribution is -0.137. The fourth-order valence-electron chi connectivity index (χ4n) is 6.50. The molecule has 8 rings (SSSR count). The third-order valence-electron chi connectivity index (χ3n) is 9.74. The third kappa shape index (κ3) is 9.66. The van der Waals surface area contributed by atoms with Crippen LogP contribution in [-0.2, 0) is 15.7 Å². The molecule has 8 heterocycles. The van der Waals surface area contributed by atoms with Crippen LogP contribution in [0.1, 0.15) is 53.2 Å². The number of nitrogens with zero attached hydrogens (tertiary/aromatic N) is 8. The lowest BCUT2D eigenvalue weighted by atomic mass is 10.2. The molecule has 6 aromatic heterocycles. The highest BCUT2D eigenvalue weighted by molar-refractivity contribution is 7.10. The zero-order valence-electron chi connectivity index (χ0n) is 32.9. The van der Waals surface area contributed by atoms with Gasteiger partial charge in [-0.2, -0.15) is 23.1 Å². The van der Waals surface area contributed by atoms with Crippen molar-refractivity contribution in [3.05, 3.63) is 68.1 Å². The van der Waals surface area contributed by atoms with Gasteiger partial charge in [-0.1, -0.05) is 0 Å². The molecule has 2 saturated heterocycles. The number of anilines is 6. The summed E-state index contributed by atoms with van der Waals surface area (Å²) < 4.78 is 90.0. The quantitative estimate of drug-likeness (QED) is 0.0923. The first-order valence-corrected chi connectivity index (χ1v) is 20.7. The van der Waals surface area contributed by atoms with Gasteiger partial charge in [0.05, 0.1) is 77.9 Å². The van der Waals surface area contributed by atoms with Gasteiger partial charge >= 0.3 is 6.18 Å². The summed E-state index contributed by atoms with van der Waals surface area (Å²) in [7, 11) is 3.40. The van der Waals surface area contributed by atoms with Crippen LogP contribution in [0, 0.1) is 5.82 Å². The summed E-state index contributed by atoms with van der Waals surface area (Å²) in [4.78, 5) is 31.9. The molecule has 22 heteroatoms. The van der Waals surface area contributed by atoms with E-state index in [4.69, 9.17) is 9.47 Å². The molecule has 0 radical (unpaired) electrons. The largest absolute Gasteiger partial charge is 0.417 e. The molecule has 60 heavy (non-hydrogen) atoms. The standard InChI is InChI=1S/2C19H21F3N6OS/c1-11(15-7-12(10-30-15)19(20,21)22)25-17-13-8-16(28-3-5-29-6-4-28)24-9-14(13)26-18(23-2)27-17;1-10(16-15(20)12(9-30-16)17(21)22)25-18-11-7-14(28-3-5-29-6-4-28)24-8-13(11)26-19(23-2)27-18/h7-11H,3-6H2,1-2H3,(H2,23,25,26,27);7-10,17H,3-6H2,1-2H3,(H2,23,25,26,27)/t11-;10-/m11/s1. The monoisotopic (exact) mass is 876 g/mol. The van der Waals surface area contributed by atoms with E-state index >= 15 is 0 Å². The Bertz CT molecular complexity index is 2410. The molecule has 0 unspecified atom stereocenters. The molecular weight excluding hydrogens is 835 g/mol. The molecule has 320 valence electrons. The van der Waals surface area contributed by atoms with E-state index < -0.39 is 35.6 Å². The Labute approximate surface area is 348 Å². The van der Waals surface area contributed by atoms with E-state index in [9.17, 15) is 26.3 Å². The molecule has 0 spiro atoms. The van der Waals surface area contributed by atoms with Crippen LogP contribution < -0.4 is 31.1 Å². The van der Waals surface area contributed by atoms with Crippen molar-refractivity contribution < 1.29 is 35.8 Å². The van der Waals surface area contributed by atoms with Gasteiger partial charge in [0.1, 0.15) is 29.1 Å². The first kappa shape index (κ1) is 42.8. The Kier molecular flexibility index (Phi) is 13.2. The van der Waals surface area contributed by atoms with Gasteiger partial charge in [-0.05, 0) is 32.0 Å². The van der Waals surface area contributed by atoms with E-state index in [1.54, 1.807) is 33.4 Å². The minimum Gasteiger partial charge on any atom is -0.378 e. The van der Waals surface area contributed by atoms with Gasteiger partial charge in [-0.3, -0.25) is 0 Å². The maximum Gasteiger partial charge on any atom is 0.417 e. The molecule has 6 aromatic rings. The number of alkyl halides is 5. The van der Waals surface area contributed by atoms with Gasteiger partial charge in [-0.15, -0.1) is 22.7 Å². The second-order valence-electron chi connectivity index (χ2n) is 13.7. The summed E-state index contributed by atoms with van der Waals surface area (Å²) in [6.07, 6.45) is -3.85. The molecule has 0 amide bonds. The number of aromatic nitrogens is 6. The van der Waals surface area contributed by atoms with Gasteiger partial charge in [-0.25, -0.2) is 33.1 Å². The maximum absolute atomic E-state index is 14.4. The zero-order chi connectivity index (χ0) is 42.6. The fraction of sp³-hybridized carbons (Fsp3) is 0.421. The highest BCUT2D eigenvalue weighted by Crippen LogP contribution is 2.38. The van der Waals surface area contributed by atoms with Crippen molar-refractivity contribution >= 4 is 79.6 Å². The number of halogens is 6. The number of pyridine rings is 2. The molecular formula is C38H42F6N12O2S2. The number of morpholine rings is 2. The Morgan fingerprint density at radius 3 is 1.63 bits per heavy atom. The highest BCUT2D eigenvalue weighted by Gasteiger charge is 2.32. The summed E-state index contributed by atoms with van der Waals surface area (Å²) in [6, 6.07) is 4.03. The number of hydrogen-bond donors (Lipinski definition) is 4. The summed E-state index contributed by atoms with van der Waals surface area (Å²) >= 11 is 2.03. The lowest BCUT2D eigenvalue weighted by Gasteiger charge is -2.28. The molecule has 0 saturated carbocycles. The smallest absolute Gasteiger partial charge is 0.378 e. The molecule has 2 aliphatic heterocycles. The fourth-order valence-corrected chi connectivity index (χ4v) is 8.37. The number of hydrogen-bond acceptors (Lipinski definition) is 16. The second kappa shape index (κ2) is 18.5. The van der Waals surface area contributed by atoms with Gasteiger partial charge in [0.2, 0.25) is 11.9 Å². The van der Waals surface area contributed by atoms with Gasteiger partial charge in [0.25, 0.3) is 6.43 Å². The van der Waals surface area contributed by atoms with Crippen LogP contribution in [-0.4, -0.2) is 96.6 Å². The van der Waals surface area contributed by atoms with Crippen molar-refractivity contribution in [2.24, 2.45) is 0 Å². The third-order valence-corrected chi connectivity index (χ3v) is 12.0. The number of thiophene rings is 2. The van der Waals surface area contributed by atoms with E-state index in [1.165, 1.54) is 6.07 Å². The minimum atomic E-state index is -4.35. The average Bonchev–Trinajstić information content (AvgIpc) is 3.92. The number of nitrogens with one attached hydrogen (secondary N) is 4. The van der Waals surface area contributed by atoms with Crippen molar-refractivity contribution in [2.75, 3.05) is 97.8 Å². The van der Waals surface area contributed by atoms with Crippen LogP contribution >= 0.6 is 22.7 Å². The molecule has 0 aromatic carbocycles. The predicted octanol–water partition coefficient (Wildman–Crippen LogP) is 8.37. The van der Waals surface area contributed by atoms with Gasteiger partial charge in [0.15, 0.2) is 0 Å². The summed E-state index contributed by atoms with van der Waals surface area (Å²) in [5.41, 5.74) is 0.0357. The highest BCUT2D eigenvalue weighted by atomic mass is 32.1. The average molecular weight is 877 g/mol. The Balaban J connectivity index is 0.000000181. The number of rotatable bonds is 11. The molecule has 2 atom stereocenters. The molecule has 0 aliphatic carbocycles. The first-order valence-electron chi connectivity index (χ1n) is 18.9. The predicted molar refractivity (Wildman–Crippen MR) is 222 cm³/mol. The van der Waals surface area contributed by atoms with Crippen LogP contribution in [0.15, 0.2) is 41.4 Å². The van der Waals surface area contributed by atoms with E-state index in [0.29, 0.717) is 71.3 Å². The zero-order valence-corrected chi connectivity index (χ0v) is 34.5. The van der Waals surface area contributed by atoms with Crippen LogP contribution in [0.2, 0.25) is 0 Å².